The predicted octanol–water partition coefficient (Wildman–Crippen LogP) is 4.85. The van der Waals surface area contributed by atoms with E-state index in [-0.39, 0.29) is 24.3 Å². The van der Waals surface area contributed by atoms with Crippen molar-refractivity contribution in [2.75, 3.05) is 10.2 Å². The Labute approximate surface area is 182 Å². The van der Waals surface area contributed by atoms with Crippen molar-refractivity contribution in [3.63, 3.8) is 0 Å². The Kier molecular flexibility index (Phi) is 5.22. The van der Waals surface area contributed by atoms with Gasteiger partial charge >= 0.3 is 0 Å². The number of fused-ring (bicyclic) bond motifs is 3. The summed E-state index contributed by atoms with van der Waals surface area (Å²) >= 11 is 0. The summed E-state index contributed by atoms with van der Waals surface area (Å²) in [7, 11) is 0. The molecule has 160 valence electrons. The van der Waals surface area contributed by atoms with Crippen molar-refractivity contribution in [3.05, 3.63) is 54.1 Å². The molecule has 0 unspecified atom stereocenters. The molecule has 0 saturated heterocycles. The predicted molar refractivity (Wildman–Crippen MR) is 122 cm³/mol. The lowest BCUT2D eigenvalue weighted by atomic mass is 9.94. The SMILES string of the molecule is CCc1ccc(NC(=O)C[C@@H]2C(=O)N(C3CCCCC3)c3nc4ccccc4n32)cc1. The van der Waals surface area contributed by atoms with Crippen LogP contribution in [-0.2, 0) is 16.0 Å². The summed E-state index contributed by atoms with van der Waals surface area (Å²) in [5.41, 5.74) is 3.76. The van der Waals surface area contributed by atoms with Crippen molar-refractivity contribution in [1.82, 2.24) is 9.55 Å². The van der Waals surface area contributed by atoms with E-state index in [1.807, 2.05) is 58.0 Å². The molecule has 1 atom stereocenters. The van der Waals surface area contributed by atoms with Gasteiger partial charge in [0, 0.05) is 11.7 Å². The van der Waals surface area contributed by atoms with Gasteiger partial charge in [-0.25, -0.2) is 4.98 Å². The molecule has 6 heteroatoms. The molecule has 1 saturated carbocycles. The number of hydrogen-bond donors (Lipinski definition) is 1. The van der Waals surface area contributed by atoms with E-state index >= 15 is 0 Å². The zero-order chi connectivity index (χ0) is 21.4. The first kappa shape index (κ1) is 19.8. The van der Waals surface area contributed by atoms with E-state index in [1.54, 1.807) is 0 Å². The van der Waals surface area contributed by atoms with Crippen molar-refractivity contribution in [2.45, 2.75) is 64.0 Å². The number of aryl methyl sites for hydroxylation is 1. The van der Waals surface area contributed by atoms with Crippen molar-refractivity contribution in [2.24, 2.45) is 0 Å². The summed E-state index contributed by atoms with van der Waals surface area (Å²) in [6.45, 7) is 2.10. The van der Waals surface area contributed by atoms with Crippen LogP contribution in [0.4, 0.5) is 11.6 Å². The van der Waals surface area contributed by atoms with E-state index < -0.39 is 6.04 Å². The van der Waals surface area contributed by atoms with Gasteiger partial charge in [-0.15, -0.1) is 0 Å². The van der Waals surface area contributed by atoms with Gasteiger partial charge in [0.15, 0.2) is 0 Å². The van der Waals surface area contributed by atoms with Gasteiger partial charge in [0.25, 0.3) is 5.91 Å². The molecule has 5 rings (SSSR count). The molecule has 2 aliphatic rings. The second-order valence-electron chi connectivity index (χ2n) is 8.59. The van der Waals surface area contributed by atoms with Crippen molar-refractivity contribution in [1.29, 1.82) is 0 Å². The number of hydrogen-bond acceptors (Lipinski definition) is 3. The van der Waals surface area contributed by atoms with E-state index in [2.05, 4.69) is 12.2 Å². The number of benzene rings is 2. The molecule has 1 aromatic heterocycles. The lowest BCUT2D eigenvalue weighted by molar-refractivity contribution is -0.125. The highest BCUT2D eigenvalue weighted by Gasteiger charge is 2.44. The fourth-order valence-corrected chi connectivity index (χ4v) is 4.95. The third kappa shape index (κ3) is 3.60. The maximum Gasteiger partial charge on any atom is 0.253 e. The van der Waals surface area contributed by atoms with Gasteiger partial charge < -0.3 is 5.32 Å². The quantitative estimate of drug-likeness (QED) is 0.647. The molecule has 6 nitrogen and oxygen atoms in total. The molecular weight excluding hydrogens is 388 g/mol. The number of anilines is 2. The molecular formula is C25H28N4O2. The topological polar surface area (TPSA) is 67.2 Å². The highest BCUT2D eigenvalue weighted by atomic mass is 16.2. The van der Waals surface area contributed by atoms with Crippen molar-refractivity contribution >= 4 is 34.5 Å². The highest BCUT2D eigenvalue weighted by Crippen LogP contribution is 2.40. The summed E-state index contributed by atoms with van der Waals surface area (Å²) in [5.74, 6) is 0.539. The number of para-hydroxylation sites is 2. The van der Waals surface area contributed by atoms with E-state index in [9.17, 15) is 9.59 Å². The van der Waals surface area contributed by atoms with Crippen LogP contribution in [0.25, 0.3) is 11.0 Å². The molecule has 0 bridgehead atoms. The van der Waals surface area contributed by atoms with Gasteiger partial charge in [0.05, 0.1) is 17.5 Å². The summed E-state index contributed by atoms with van der Waals surface area (Å²) in [6.07, 6.45) is 6.54. The lowest BCUT2D eigenvalue weighted by Gasteiger charge is -2.30. The van der Waals surface area contributed by atoms with Gasteiger partial charge in [-0.2, -0.15) is 0 Å². The Morgan fingerprint density at radius 2 is 1.81 bits per heavy atom. The summed E-state index contributed by atoms with van der Waals surface area (Å²) in [6, 6.07) is 15.3. The average molecular weight is 417 g/mol. The summed E-state index contributed by atoms with van der Waals surface area (Å²) < 4.78 is 1.98. The molecule has 1 aliphatic heterocycles. The minimum atomic E-state index is -0.556. The first-order valence-electron chi connectivity index (χ1n) is 11.3. The Morgan fingerprint density at radius 3 is 2.55 bits per heavy atom. The normalized spacial score (nSPS) is 19.1. The number of aromatic nitrogens is 2. The Bertz CT molecular complexity index is 1110. The zero-order valence-electron chi connectivity index (χ0n) is 17.9. The fourth-order valence-electron chi connectivity index (χ4n) is 4.95. The molecule has 0 radical (unpaired) electrons. The van der Waals surface area contributed by atoms with Crippen LogP contribution in [0.15, 0.2) is 48.5 Å². The van der Waals surface area contributed by atoms with Gasteiger partial charge in [-0.3, -0.25) is 19.1 Å². The number of nitrogens with zero attached hydrogens (tertiary/aromatic N) is 3. The van der Waals surface area contributed by atoms with Gasteiger partial charge in [-0.05, 0) is 49.1 Å². The highest BCUT2D eigenvalue weighted by molar-refractivity contribution is 6.05. The maximum atomic E-state index is 13.5. The largest absolute Gasteiger partial charge is 0.326 e. The molecule has 2 heterocycles. The Morgan fingerprint density at radius 1 is 1.06 bits per heavy atom. The van der Waals surface area contributed by atoms with Crippen molar-refractivity contribution in [3.8, 4) is 0 Å². The molecule has 1 fully saturated rings. The standard InChI is InChI=1S/C25H28N4O2/c1-2-17-12-14-18(15-13-17)26-23(30)16-22-24(31)28(19-8-4-3-5-9-19)25-27-20-10-6-7-11-21(20)29(22)25/h6-7,10-15,19,22H,2-5,8-9,16H2,1H3,(H,26,30)/t22-/m1/s1. The van der Waals surface area contributed by atoms with E-state index in [1.165, 1.54) is 12.0 Å². The molecule has 2 aromatic carbocycles. The molecule has 0 spiro atoms. The van der Waals surface area contributed by atoms with Crippen LogP contribution in [0.1, 0.15) is 57.1 Å². The molecule has 2 amide bonds. The van der Waals surface area contributed by atoms with Crippen LogP contribution in [0.2, 0.25) is 0 Å². The second kappa shape index (κ2) is 8.17. The number of carbonyl (C=O) groups excluding carboxylic acids is 2. The van der Waals surface area contributed by atoms with Gasteiger partial charge in [0.1, 0.15) is 6.04 Å². The molecule has 1 N–H and O–H groups in total. The summed E-state index contributed by atoms with van der Waals surface area (Å²) in [4.78, 5) is 33.1. The number of rotatable bonds is 5. The van der Waals surface area contributed by atoms with Gasteiger partial charge in [0.2, 0.25) is 11.9 Å². The Balaban J connectivity index is 1.44. The minimum Gasteiger partial charge on any atom is -0.326 e. The van der Waals surface area contributed by atoms with Crippen LogP contribution >= 0.6 is 0 Å². The third-order valence-electron chi connectivity index (χ3n) is 6.59. The third-order valence-corrected chi connectivity index (χ3v) is 6.59. The first-order valence-corrected chi connectivity index (χ1v) is 11.3. The Hall–Kier alpha value is -3.15. The smallest absolute Gasteiger partial charge is 0.253 e. The maximum absolute atomic E-state index is 13.5. The summed E-state index contributed by atoms with van der Waals surface area (Å²) in [5, 5.41) is 2.96. The van der Waals surface area contributed by atoms with Crippen LogP contribution in [0.3, 0.4) is 0 Å². The van der Waals surface area contributed by atoms with Crippen LogP contribution < -0.4 is 10.2 Å². The molecule has 3 aromatic rings. The number of carbonyl (C=O) groups is 2. The van der Waals surface area contributed by atoms with E-state index in [0.717, 1.165) is 48.8 Å². The van der Waals surface area contributed by atoms with E-state index in [0.29, 0.717) is 5.95 Å². The van der Waals surface area contributed by atoms with Crippen LogP contribution in [0, 0.1) is 0 Å². The number of amides is 2. The van der Waals surface area contributed by atoms with E-state index in [4.69, 9.17) is 4.98 Å². The fraction of sp³-hybridized carbons (Fsp3) is 0.400. The van der Waals surface area contributed by atoms with Gasteiger partial charge in [-0.1, -0.05) is 50.5 Å². The second-order valence-corrected chi connectivity index (χ2v) is 8.59. The average Bonchev–Trinajstić information content (AvgIpc) is 3.29. The minimum absolute atomic E-state index is 0.00312. The first-order chi connectivity index (χ1) is 15.2. The number of imidazole rings is 1. The van der Waals surface area contributed by atoms with Crippen molar-refractivity contribution < 1.29 is 9.59 Å². The monoisotopic (exact) mass is 416 g/mol. The number of nitrogens with one attached hydrogen (secondary N) is 1. The molecule has 1 aliphatic carbocycles. The zero-order valence-corrected chi connectivity index (χ0v) is 17.9. The lowest BCUT2D eigenvalue weighted by Crippen LogP contribution is -2.41. The molecule has 31 heavy (non-hydrogen) atoms. The van der Waals surface area contributed by atoms with Crippen LogP contribution in [0.5, 0.6) is 0 Å². The van der Waals surface area contributed by atoms with Crippen LogP contribution in [-0.4, -0.2) is 27.4 Å².